The van der Waals surface area contributed by atoms with Gasteiger partial charge in [-0.15, -0.1) is 0 Å². The molecule has 0 bridgehead atoms. The number of furan rings is 1. The van der Waals surface area contributed by atoms with Gasteiger partial charge in [-0.3, -0.25) is 0 Å². The number of hydrogen-bond donors (Lipinski definition) is 1. The molecule has 2 aromatic rings. The molecule has 0 aliphatic rings. The Morgan fingerprint density at radius 3 is 2.47 bits per heavy atom. The zero-order valence-corrected chi connectivity index (χ0v) is 10.3. The standard InChI is InChI=1S/C14H16FNO/c1-9-6-11(8-12(15)7-9)14(16-3)13-5-4-10(2)17-13/h4-8,14,16H,1-3H3. The molecule has 1 atom stereocenters. The Kier molecular flexibility index (Phi) is 3.29. The molecule has 1 heterocycles. The van der Waals surface area contributed by atoms with Crippen LogP contribution < -0.4 is 5.32 Å². The van der Waals surface area contributed by atoms with E-state index in [-0.39, 0.29) is 11.9 Å². The molecular formula is C14H16FNO. The van der Waals surface area contributed by atoms with Gasteiger partial charge in [-0.05, 0) is 56.3 Å². The minimum absolute atomic E-state index is 0.113. The average Bonchev–Trinajstić information content (AvgIpc) is 2.64. The smallest absolute Gasteiger partial charge is 0.125 e. The van der Waals surface area contributed by atoms with Gasteiger partial charge in [-0.1, -0.05) is 6.07 Å². The lowest BCUT2D eigenvalue weighted by Gasteiger charge is -2.15. The summed E-state index contributed by atoms with van der Waals surface area (Å²) in [5, 5.41) is 3.14. The maximum Gasteiger partial charge on any atom is 0.125 e. The second-order valence-corrected chi connectivity index (χ2v) is 4.23. The van der Waals surface area contributed by atoms with Crippen molar-refractivity contribution >= 4 is 0 Å². The average molecular weight is 233 g/mol. The summed E-state index contributed by atoms with van der Waals surface area (Å²) in [5.74, 6) is 1.44. The van der Waals surface area contributed by atoms with Crippen LogP contribution in [-0.4, -0.2) is 7.05 Å². The van der Waals surface area contributed by atoms with Gasteiger partial charge in [0, 0.05) is 0 Å². The largest absolute Gasteiger partial charge is 0.464 e. The molecule has 1 N–H and O–H groups in total. The maximum absolute atomic E-state index is 13.4. The highest BCUT2D eigenvalue weighted by Gasteiger charge is 2.16. The Morgan fingerprint density at radius 2 is 1.94 bits per heavy atom. The van der Waals surface area contributed by atoms with Gasteiger partial charge in [0.05, 0.1) is 6.04 Å². The van der Waals surface area contributed by atoms with Crippen molar-refractivity contribution in [2.75, 3.05) is 7.05 Å². The zero-order valence-electron chi connectivity index (χ0n) is 10.3. The summed E-state index contributed by atoms with van der Waals surface area (Å²) >= 11 is 0. The Bertz CT molecular complexity index is 498. The molecule has 17 heavy (non-hydrogen) atoms. The number of nitrogens with one attached hydrogen (secondary N) is 1. The molecule has 0 fully saturated rings. The van der Waals surface area contributed by atoms with Crippen molar-refractivity contribution in [1.82, 2.24) is 5.32 Å². The van der Waals surface area contributed by atoms with Crippen LogP contribution >= 0.6 is 0 Å². The molecule has 2 nitrogen and oxygen atoms in total. The summed E-state index contributed by atoms with van der Waals surface area (Å²) < 4.78 is 19.0. The van der Waals surface area contributed by atoms with Crippen LogP contribution in [0.3, 0.4) is 0 Å². The van der Waals surface area contributed by atoms with Crippen LogP contribution in [0.25, 0.3) is 0 Å². The number of rotatable bonds is 3. The van der Waals surface area contributed by atoms with E-state index in [4.69, 9.17) is 4.42 Å². The highest BCUT2D eigenvalue weighted by atomic mass is 19.1. The van der Waals surface area contributed by atoms with Gasteiger partial charge in [-0.2, -0.15) is 0 Å². The molecule has 0 saturated carbocycles. The summed E-state index contributed by atoms with van der Waals surface area (Å²) in [7, 11) is 1.84. The second-order valence-electron chi connectivity index (χ2n) is 4.23. The van der Waals surface area contributed by atoms with E-state index < -0.39 is 0 Å². The fourth-order valence-corrected chi connectivity index (χ4v) is 2.01. The topological polar surface area (TPSA) is 25.2 Å². The van der Waals surface area contributed by atoms with E-state index in [9.17, 15) is 4.39 Å². The molecular weight excluding hydrogens is 217 g/mol. The van der Waals surface area contributed by atoms with Crippen molar-refractivity contribution in [2.45, 2.75) is 19.9 Å². The molecule has 1 unspecified atom stereocenters. The summed E-state index contributed by atoms with van der Waals surface area (Å²) in [6, 6.07) is 8.72. The van der Waals surface area contributed by atoms with Gasteiger partial charge in [-0.25, -0.2) is 4.39 Å². The Morgan fingerprint density at radius 1 is 1.18 bits per heavy atom. The predicted molar refractivity (Wildman–Crippen MR) is 65.5 cm³/mol. The number of aryl methyl sites for hydroxylation is 2. The normalized spacial score (nSPS) is 12.7. The number of hydrogen-bond acceptors (Lipinski definition) is 2. The van der Waals surface area contributed by atoms with Crippen LogP contribution in [0.5, 0.6) is 0 Å². The predicted octanol–water partition coefficient (Wildman–Crippen LogP) is 3.34. The van der Waals surface area contributed by atoms with Gasteiger partial charge in [0.2, 0.25) is 0 Å². The molecule has 0 saturated heterocycles. The maximum atomic E-state index is 13.4. The van der Waals surface area contributed by atoms with E-state index in [1.54, 1.807) is 0 Å². The lowest BCUT2D eigenvalue weighted by atomic mass is 10.0. The fraction of sp³-hybridized carbons (Fsp3) is 0.286. The van der Waals surface area contributed by atoms with Crippen LogP contribution in [-0.2, 0) is 0 Å². The summed E-state index contributed by atoms with van der Waals surface area (Å²) in [4.78, 5) is 0. The molecule has 1 aromatic carbocycles. The van der Waals surface area contributed by atoms with E-state index in [1.165, 1.54) is 12.1 Å². The minimum atomic E-state index is -0.219. The van der Waals surface area contributed by atoms with E-state index >= 15 is 0 Å². The van der Waals surface area contributed by atoms with Crippen LogP contribution in [0, 0.1) is 19.7 Å². The lowest BCUT2D eigenvalue weighted by Crippen LogP contribution is -2.17. The van der Waals surface area contributed by atoms with E-state index in [2.05, 4.69) is 5.32 Å². The molecule has 0 spiro atoms. The van der Waals surface area contributed by atoms with Crippen molar-refractivity contribution in [3.8, 4) is 0 Å². The van der Waals surface area contributed by atoms with Crippen molar-refractivity contribution in [1.29, 1.82) is 0 Å². The lowest BCUT2D eigenvalue weighted by molar-refractivity contribution is 0.443. The van der Waals surface area contributed by atoms with Crippen molar-refractivity contribution in [2.24, 2.45) is 0 Å². The first-order chi connectivity index (χ1) is 8.10. The van der Waals surface area contributed by atoms with Gasteiger partial charge in [0.25, 0.3) is 0 Å². The van der Waals surface area contributed by atoms with E-state index in [0.717, 1.165) is 22.6 Å². The van der Waals surface area contributed by atoms with E-state index in [0.29, 0.717) is 0 Å². The number of benzene rings is 1. The van der Waals surface area contributed by atoms with Crippen molar-refractivity contribution in [3.63, 3.8) is 0 Å². The van der Waals surface area contributed by atoms with Gasteiger partial charge in [0.1, 0.15) is 17.3 Å². The highest BCUT2D eigenvalue weighted by Crippen LogP contribution is 2.25. The van der Waals surface area contributed by atoms with Gasteiger partial charge >= 0.3 is 0 Å². The summed E-state index contributed by atoms with van der Waals surface area (Å²) in [6.45, 7) is 3.78. The monoisotopic (exact) mass is 233 g/mol. The molecule has 0 aliphatic carbocycles. The summed E-state index contributed by atoms with van der Waals surface area (Å²) in [6.07, 6.45) is 0. The summed E-state index contributed by atoms with van der Waals surface area (Å²) in [5.41, 5.74) is 1.78. The van der Waals surface area contributed by atoms with Crippen LogP contribution in [0.15, 0.2) is 34.7 Å². The third-order valence-corrected chi connectivity index (χ3v) is 2.73. The Balaban J connectivity index is 2.41. The molecule has 2 rings (SSSR count). The fourth-order valence-electron chi connectivity index (χ4n) is 2.01. The number of halogens is 1. The first-order valence-electron chi connectivity index (χ1n) is 5.61. The van der Waals surface area contributed by atoms with Gasteiger partial charge < -0.3 is 9.73 Å². The van der Waals surface area contributed by atoms with Crippen molar-refractivity contribution in [3.05, 3.63) is 58.8 Å². The first kappa shape index (κ1) is 11.9. The Hall–Kier alpha value is -1.61. The van der Waals surface area contributed by atoms with Crippen LogP contribution in [0.2, 0.25) is 0 Å². The molecule has 1 aromatic heterocycles. The Labute approximate surface area is 100 Å². The van der Waals surface area contributed by atoms with E-state index in [1.807, 2.05) is 39.1 Å². The second kappa shape index (κ2) is 4.72. The van der Waals surface area contributed by atoms with Crippen molar-refractivity contribution < 1.29 is 8.81 Å². The third kappa shape index (κ3) is 2.56. The van der Waals surface area contributed by atoms with Crippen LogP contribution in [0.1, 0.15) is 28.7 Å². The SMILES string of the molecule is CNC(c1cc(C)cc(F)c1)c1ccc(C)o1. The molecule has 0 amide bonds. The highest BCUT2D eigenvalue weighted by molar-refractivity contribution is 5.31. The minimum Gasteiger partial charge on any atom is -0.464 e. The molecule has 3 heteroatoms. The zero-order chi connectivity index (χ0) is 12.4. The first-order valence-corrected chi connectivity index (χ1v) is 5.61. The molecule has 0 aliphatic heterocycles. The quantitative estimate of drug-likeness (QED) is 0.879. The molecule has 0 radical (unpaired) electrons. The van der Waals surface area contributed by atoms with Crippen LogP contribution in [0.4, 0.5) is 4.39 Å². The van der Waals surface area contributed by atoms with Gasteiger partial charge in [0.15, 0.2) is 0 Å². The third-order valence-electron chi connectivity index (χ3n) is 2.73. The molecule has 90 valence electrons.